The zero-order valence-corrected chi connectivity index (χ0v) is 13.7. The second-order valence-corrected chi connectivity index (χ2v) is 6.76. The highest BCUT2D eigenvalue weighted by atomic mass is 19.1. The number of aromatic nitrogens is 1. The standard InChI is InChI=1S/C19H20FN3O/c1-13-4-3-7-21-18(13)22-10-15-11-23(19(24)17(15)12-22)9-14-5-2-6-16(20)8-14/h2-8,15,17H,9-12H2,1H3/t15-,17+/m0/s1. The number of benzene rings is 1. The van der Waals surface area contributed by atoms with Crippen LogP contribution < -0.4 is 4.90 Å². The third-order valence-electron chi connectivity index (χ3n) is 5.07. The minimum absolute atomic E-state index is 0.0277. The van der Waals surface area contributed by atoms with Gasteiger partial charge >= 0.3 is 0 Å². The van der Waals surface area contributed by atoms with E-state index in [4.69, 9.17) is 0 Å². The second kappa shape index (κ2) is 5.89. The van der Waals surface area contributed by atoms with Crippen LogP contribution in [0.2, 0.25) is 0 Å². The van der Waals surface area contributed by atoms with Gasteiger partial charge in [-0.1, -0.05) is 18.2 Å². The van der Waals surface area contributed by atoms with Crippen molar-refractivity contribution in [3.05, 3.63) is 59.5 Å². The van der Waals surface area contributed by atoms with Crippen molar-refractivity contribution in [1.29, 1.82) is 0 Å². The lowest BCUT2D eigenvalue weighted by atomic mass is 10.0. The van der Waals surface area contributed by atoms with E-state index in [1.165, 1.54) is 12.1 Å². The van der Waals surface area contributed by atoms with Gasteiger partial charge in [-0.15, -0.1) is 0 Å². The maximum atomic E-state index is 13.3. The first kappa shape index (κ1) is 15.1. The highest BCUT2D eigenvalue weighted by molar-refractivity contribution is 5.83. The lowest BCUT2D eigenvalue weighted by Crippen LogP contribution is -2.33. The molecule has 2 aliphatic rings. The number of amides is 1. The quantitative estimate of drug-likeness (QED) is 0.870. The number of pyridine rings is 1. The Morgan fingerprint density at radius 3 is 2.83 bits per heavy atom. The minimum atomic E-state index is -0.254. The van der Waals surface area contributed by atoms with Crippen molar-refractivity contribution in [3.63, 3.8) is 0 Å². The van der Waals surface area contributed by atoms with Crippen molar-refractivity contribution < 1.29 is 9.18 Å². The first-order chi connectivity index (χ1) is 11.6. The molecule has 124 valence electrons. The molecule has 0 N–H and O–H groups in total. The van der Waals surface area contributed by atoms with Crippen LogP contribution in [0.25, 0.3) is 0 Å². The van der Waals surface area contributed by atoms with Crippen LogP contribution in [0, 0.1) is 24.6 Å². The van der Waals surface area contributed by atoms with E-state index in [0.717, 1.165) is 36.6 Å². The Balaban J connectivity index is 1.46. The molecule has 2 aliphatic heterocycles. The topological polar surface area (TPSA) is 36.4 Å². The van der Waals surface area contributed by atoms with Gasteiger partial charge < -0.3 is 9.80 Å². The largest absolute Gasteiger partial charge is 0.355 e. The fourth-order valence-electron chi connectivity index (χ4n) is 3.92. The van der Waals surface area contributed by atoms with Gasteiger partial charge in [-0.2, -0.15) is 0 Å². The Kier molecular flexibility index (Phi) is 3.71. The molecule has 1 aromatic heterocycles. The molecule has 2 fully saturated rings. The summed E-state index contributed by atoms with van der Waals surface area (Å²) < 4.78 is 13.3. The normalized spacial score (nSPS) is 23.0. The molecule has 2 atom stereocenters. The van der Waals surface area contributed by atoms with Crippen LogP contribution in [-0.4, -0.2) is 35.4 Å². The van der Waals surface area contributed by atoms with Crippen LogP contribution in [0.4, 0.5) is 10.2 Å². The Bertz CT molecular complexity index is 779. The Labute approximate surface area is 140 Å². The molecule has 0 bridgehead atoms. The SMILES string of the molecule is Cc1cccnc1N1C[C@H]2CN(Cc3cccc(F)c3)C(=O)[C@@H]2C1. The molecule has 2 saturated heterocycles. The molecule has 0 saturated carbocycles. The molecule has 5 heteroatoms. The third-order valence-corrected chi connectivity index (χ3v) is 5.07. The van der Waals surface area contributed by atoms with Gasteiger partial charge in [0.05, 0.1) is 5.92 Å². The smallest absolute Gasteiger partial charge is 0.228 e. The third kappa shape index (κ3) is 2.64. The van der Waals surface area contributed by atoms with E-state index >= 15 is 0 Å². The zero-order valence-electron chi connectivity index (χ0n) is 13.7. The molecule has 0 aliphatic carbocycles. The molecule has 3 heterocycles. The van der Waals surface area contributed by atoms with E-state index in [-0.39, 0.29) is 17.6 Å². The van der Waals surface area contributed by atoms with E-state index in [1.54, 1.807) is 12.3 Å². The number of halogens is 1. The summed E-state index contributed by atoms with van der Waals surface area (Å²) in [6.07, 6.45) is 1.80. The van der Waals surface area contributed by atoms with E-state index < -0.39 is 0 Å². The summed E-state index contributed by atoms with van der Waals surface area (Å²) in [6.45, 7) is 4.86. The van der Waals surface area contributed by atoms with Crippen LogP contribution >= 0.6 is 0 Å². The van der Waals surface area contributed by atoms with Crippen molar-refractivity contribution in [2.75, 3.05) is 24.5 Å². The molecule has 2 aromatic rings. The summed E-state index contributed by atoms with van der Waals surface area (Å²) in [4.78, 5) is 21.3. The van der Waals surface area contributed by atoms with E-state index in [0.29, 0.717) is 12.5 Å². The van der Waals surface area contributed by atoms with Crippen molar-refractivity contribution in [3.8, 4) is 0 Å². The number of nitrogens with zero attached hydrogens (tertiary/aromatic N) is 3. The predicted octanol–water partition coefficient (Wildman–Crippen LogP) is 2.62. The molecule has 24 heavy (non-hydrogen) atoms. The van der Waals surface area contributed by atoms with Gasteiger partial charge in [-0.05, 0) is 36.2 Å². The first-order valence-electron chi connectivity index (χ1n) is 8.31. The maximum Gasteiger partial charge on any atom is 0.228 e. The van der Waals surface area contributed by atoms with Crippen molar-refractivity contribution in [2.24, 2.45) is 11.8 Å². The lowest BCUT2D eigenvalue weighted by molar-refractivity contribution is -0.131. The van der Waals surface area contributed by atoms with Gasteiger partial charge in [0.15, 0.2) is 0 Å². The van der Waals surface area contributed by atoms with Gasteiger partial charge in [-0.25, -0.2) is 9.37 Å². The summed E-state index contributed by atoms with van der Waals surface area (Å²) in [6, 6.07) is 10.5. The van der Waals surface area contributed by atoms with Crippen molar-refractivity contribution in [2.45, 2.75) is 13.5 Å². The fourth-order valence-corrected chi connectivity index (χ4v) is 3.92. The number of aryl methyl sites for hydroxylation is 1. The highest BCUT2D eigenvalue weighted by Crippen LogP contribution is 2.35. The van der Waals surface area contributed by atoms with Crippen LogP contribution in [0.5, 0.6) is 0 Å². The van der Waals surface area contributed by atoms with Crippen molar-refractivity contribution >= 4 is 11.7 Å². The molecule has 4 rings (SSSR count). The number of hydrogen-bond acceptors (Lipinski definition) is 3. The lowest BCUT2D eigenvalue weighted by Gasteiger charge is -2.23. The average Bonchev–Trinajstić information content (AvgIpc) is 3.08. The predicted molar refractivity (Wildman–Crippen MR) is 90.0 cm³/mol. The number of hydrogen-bond donors (Lipinski definition) is 0. The number of rotatable bonds is 3. The molecular formula is C19H20FN3O. The van der Waals surface area contributed by atoms with E-state index in [9.17, 15) is 9.18 Å². The number of likely N-dealkylation sites (tertiary alicyclic amines) is 1. The van der Waals surface area contributed by atoms with E-state index in [1.807, 2.05) is 17.0 Å². The summed E-state index contributed by atoms with van der Waals surface area (Å²) >= 11 is 0. The molecule has 0 radical (unpaired) electrons. The van der Waals surface area contributed by atoms with Gasteiger partial charge in [0.2, 0.25) is 5.91 Å². The molecule has 1 aromatic carbocycles. The zero-order chi connectivity index (χ0) is 16.7. The summed E-state index contributed by atoms with van der Waals surface area (Å²) in [5.74, 6) is 1.26. The number of carbonyl (C=O) groups is 1. The molecule has 0 spiro atoms. The fraction of sp³-hybridized carbons (Fsp3) is 0.368. The van der Waals surface area contributed by atoms with Gasteiger partial charge in [0, 0.05) is 38.3 Å². The Hall–Kier alpha value is -2.43. The molecule has 4 nitrogen and oxygen atoms in total. The van der Waals surface area contributed by atoms with Crippen LogP contribution in [0.1, 0.15) is 11.1 Å². The number of fused-ring (bicyclic) bond motifs is 1. The van der Waals surface area contributed by atoms with Gasteiger partial charge in [-0.3, -0.25) is 4.79 Å². The highest BCUT2D eigenvalue weighted by Gasteiger charge is 2.46. The van der Waals surface area contributed by atoms with Crippen LogP contribution in [-0.2, 0) is 11.3 Å². The maximum absolute atomic E-state index is 13.3. The molecular weight excluding hydrogens is 305 g/mol. The van der Waals surface area contributed by atoms with E-state index in [2.05, 4.69) is 22.9 Å². The Morgan fingerprint density at radius 2 is 2.08 bits per heavy atom. The Morgan fingerprint density at radius 1 is 1.21 bits per heavy atom. The molecule has 1 amide bonds. The van der Waals surface area contributed by atoms with Crippen molar-refractivity contribution in [1.82, 2.24) is 9.88 Å². The van der Waals surface area contributed by atoms with Gasteiger partial charge in [0.1, 0.15) is 11.6 Å². The number of carbonyl (C=O) groups excluding carboxylic acids is 1. The van der Waals surface area contributed by atoms with Gasteiger partial charge in [0.25, 0.3) is 0 Å². The van der Waals surface area contributed by atoms with Crippen LogP contribution in [0.15, 0.2) is 42.6 Å². The monoisotopic (exact) mass is 325 g/mol. The summed E-state index contributed by atoms with van der Waals surface area (Å²) in [7, 11) is 0. The second-order valence-electron chi connectivity index (χ2n) is 6.76. The minimum Gasteiger partial charge on any atom is -0.355 e. The number of anilines is 1. The average molecular weight is 325 g/mol. The van der Waals surface area contributed by atoms with Crippen LogP contribution in [0.3, 0.4) is 0 Å². The summed E-state index contributed by atoms with van der Waals surface area (Å²) in [5, 5.41) is 0. The molecule has 0 unspecified atom stereocenters. The summed E-state index contributed by atoms with van der Waals surface area (Å²) in [5.41, 5.74) is 1.99. The first-order valence-corrected chi connectivity index (χ1v) is 8.31.